The Bertz CT molecular complexity index is 1030. The molecule has 3 aromatic rings. The van der Waals surface area contributed by atoms with E-state index in [1.54, 1.807) is 16.8 Å². The zero-order chi connectivity index (χ0) is 18.9. The van der Waals surface area contributed by atoms with E-state index in [1.807, 2.05) is 19.0 Å². The molecular formula is C19H21ClF2N2O2S. The third-order valence-electron chi connectivity index (χ3n) is 4.24. The summed E-state index contributed by atoms with van der Waals surface area (Å²) in [6, 6.07) is 9.09. The van der Waals surface area contributed by atoms with Gasteiger partial charge in [0.2, 0.25) is 0 Å². The number of sulfone groups is 1. The van der Waals surface area contributed by atoms with Gasteiger partial charge < -0.3 is 9.47 Å². The molecule has 0 N–H and O–H groups in total. The van der Waals surface area contributed by atoms with Gasteiger partial charge in [0.05, 0.1) is 4.90 Å². The minimum Gasteiger partial charge on any atom is -0.332 e. The van der Waals surface area contributed by atoms with Crippen molar-refractivity contribution in [3.05, 3.63) is 65.9 Å². The second-order valence-electron chi connectivity index (χ2n) is 6.54. The quantitative estimate of drug-likeness (QED) is 0.575. The van der Waals surface area contributed by atoms with Crippen LogP contribution in [0.5, 0.6) is 0 Å². The summed E-state index contributed by atoms with van der Waals surface area (Å²) in [7, 11) is 0.229. The average molecular weight is 415 g/mol. The SMILES string of the molecule is CN(C)CCc1cn(CS(=O)(=O)c2ccc(F)cc2)c2ccc(F)cc12.Cl. The van der Waals surface area contributed by atoms with Crippen LogP contribution >= 0.6 is 12.4 Å². The van der Waals surface area contributed by atoms with Gasteiger partial charge >= 0.3 is 0 Å². The first-order valence-corrected chi connectivity index (χ1v) is 9.82. The van der Waals surface area contributed by atoms with E-state index in [0.717, 1.165) is 24.2 Å². The minimum atomic E-state index is -3.66. The van der Waals surface area contributed by atoms with Gasteiger partial charge in [0.15, 0.2) is 9.84 Å². The highest BCUT2D eigenvalue weighted by Crippen LogP contribution is 2.25. The number of benzene rings is 2. The van der Waals surface area contributed by atoms with Crippen LogP contribution in [0.15, 0.2) is 53.6 Å². The first-order valence-electron chi connectivity index (χ1n) is 8.16. The van der Waals surface area contributed by atoms with E-state index in [2.05, 4.69) is 0 Å². The molecule has 3 rings (SSSR count). The second kappa shape index (κ2) is 8.37. The molecule has 2 aromatic carbocycles. The van der Waals surface area contributed by atoms with Crippen molar-refractivity contribution in [3.8, 4) is 0 Å². The molecule has 0 atom stereocenters. The van der Waals surface area contributed by atoms with E-state index >= 15 is 0 Å². The molecule has 0 fully saturated rings. The molecular weight excluding hydrogens is 394 g/mol. The summed E-state index contributed by atoms with van der Waals surface area (Å²) in [6.45, 7) is 0.764. The predicted octanol–water partition coefficient (Wildman–Crippen LogP) is 3.88. The molecule has 0 bridgehead atoms. The maximum atomic E-state index is 13.7. The third-order valence-corrected chi connectivity index (χ3v) is 5.84. The normalized spacial score (nSPS) is 11.7. The van der Waals surface area contributed by atoms with E-state index in [4.69, 9.17) is 0 Å². The Kier molecular flexibility index (Phi) is 6.62. The molecule has 0 saturated carbocycles. The molecule has 146 valence electrons. The van der Waals surface area contributed by atoms with Crippen LogP contribution in [0.4, 0.5) is 8.78 Å². The fourth-order valence-corrected chi connectivity index (χ4v) is 4.17. The lowest BCUT2D eigenvalue weighted by atomic mass is 10.1. The lowest BCUT2D eigenvalue weighted by Gasteiger charge is -2.08. The summed E-state index contributed by atoms with van der Waals surface area (Å²) in [5.41, 5.74) is 1.55. The Hall–Kier alpha value is -1.96. The van der Waals surface area contributed by atoms with Crippen molar-refractivity contribution < 1.29 is 17.2 Å². The molecule has 0 radical (unpaired) electrons. The highest BCUT2D eigenvalue weighted by Gasteiger charge is 2.18. The van der Waals surface area contributed by atoms with Crippen LogP contribution in [0.2, 0.25) is 0 Å². The lowest BCUT2D eigenvalue weighted by Crippen LogP contribution is -2.15. The van der Waals surface area contributed by atoms with E-state index in [1.165, 1.54) is 24.3 Å². The van der Waals surface area contributed by atoms with Crippen molar-refractivity contribution in [3.63, 3.8) is 0 Å². The number of fused-ring (bicyclic) bond motifs is 1. The van der Waals surface area contributed by atoms with E-state index in [9.17, 15) is 17.2 Å². The first kappa shape index (κ1) is 21.3. The zero-order valence-electron chi connectivity index (χ0n) is 15.0. The molecule has 0 aliphatic carbocycles. The van der Waals surface area contributed by atoms with Gasteiger partial charge in [0.25, 0.3) is 0 Å². The molecule has 27 heavy (non-hydrogen) atoms. The van der Waals surface area contributed by atoms with Crippen LogP contribution in [-0.2, 0) is 22.1 Å². The number of rotatable bonds is 6. The van der Waals surface area contributed by atoms with Crippen molar-refractivity contribution in [1.29, 1.82) is 0 Å². The molecule has 8 heteroatoms. The number of likely N-dealkylation sites (N-methyl/N-ethyl adjacent to an activating group) is 1. The van der Waals surface area contributed by atoms with Crippen LogP contribution in [0.3, 0.4) is 0 Å². The molecule has 0 saturated heterocycles. The monoisotopic (exact) mass is 414 g/mol. The largest absolute Gasteiger partial charge is 0.332 e. The predicted molar refractivity (Wildman–Crippen MR) is 105 cm³/mol. The standard InChI is InChI=1S/C19H20F2N2O2S.ClH/c1-22(2)10-9-14-12-23(19-8-5-16(21)11-18(14)19)13-26(24,25)17-6-3-15(20)4-7-17;/h3-8,11-12H,9-10,13H2,1-2H3;1H. The molecule has 4 nitrogen and oxygen atoms in total. The highest BCUT2D eigenvalue weighted by molar-refractivity contribution is 7.90. The molecule has 0 spiro atoms. The van der Waals surface area contributed by atoms with Gasteiger partial charge in [-0.25, -0.2) is 17.2 Å². The molecule has 0 aliphatic rings. The van der Waals surface area contributed by atoms with Crippen molar-refractivity contribution in [2.24, 2.45) is 0 Å². The van der Waals surface area contributed by atoms with E-state index < -0.39 is 15.7 Å². The van der Waals surface area contributed by atoms with E-state index in [0.29, 0.717) is 17.3 Å². The van der Waals surface area contributed by atoms with Crippen LogP contribution in [-0.4, -0.2) is 38.5 Å². The number of aromatic nitrogens is 1. The van der Waals surface area contributed by atoms with Gasteiger partial charge in [0.1, 0.15) is 17.5 Å². The van der Waals surface area contributed by atoms with Crippen LogP contribution in [0.1, 0.15) is 5.56 Å². The van der Waals surface area contributed by atoms with E-state index in [-0.39, 0.29) is 29.0 Å². The highest BCUT2D eigenvalue weighted by atomic mass is 35.5. The summed E-state index contributed by atoms with van der Waals surface area (Å²) < 4.78 is 53.7. The maximum Gasteiger partial charge on any atom is 0.196 e. The number of nitrogens with zero attached hydrogens (tertiary/aromatic N) is 2. The minimum absolute atomic E-state index is 0. The van der Waals surface area contributed by atoms with Crippen LogP contribution < -0.4 is 0 Å². The Morgan fingerprint density at radius 3 is 2.26 bits per heavy atom. The average Bonchev–Trinajstić information content (AvgIpc) is 2.89. The van der Waals surface area contributed by atoms with Crippen molar-refractivity contribution in [2.45, 2.75) is 17.2 Å². The van der Waals surface area contributed by atoms with Gasteiger partial charge in [-0.2, -0.15) is 0 Å². The molecule has 0 aliphatic heterocycles. The molecule has 0 unspecified atom stereocenters. The van der Waals surface area contributed by atoms with Gasteiger partial charge in [-0.3, -0.25) is 0 Å². The molecule has 1 aromatic heterocycles. The number of halogens is 3. The van der Waals surface area contributed by atoms with Gasteiger partial charge in [-0.15, -0.1) is 12.4 Å². The zero-order valence-corrected chi connectivity index (χ0v) is 16.7. The van der Waals surface area contributed by atoms with Crippen molar-refractivity contribution >= 4 is 33.1 Å². The van der Waals surface area contributed by atoms with Crippen LogP contribution in [0.25, 0.3) is 10.9 Å². The Balaban J connectivity index is 0.00000261. The van der Waals surface area contributed by atoms with Gasteiger partial charge in [0, 0.05) is 23.6 Å². The smallest absolute Gasteiger partial charge is 0.196 e. The second-order valence-corrected chi connectivity index (χ2v) is 8.50. The Morgan fingerprint density at radius 1 is 1.00 bits per heavy atom. The summed E-state index contributed by atoms with van der Waals surface area (Å²) in [5.74, 6) is -1.14. The van der Waals surface area contributed by atoms with Crippen molar-refractivity contribution in [2.75, 3.05) is 20.6 Å². The van der Waals surface area contributed by atoms with Gasteiger partial charge in [-0.1, -0.05) is 0 Å². The topological polar surface area (TPSA) is 42.3 Å². The summed E-state index contributed by atoms with van der Waals surface area (Å²) in [6.07, 6.45) is 2.44. The number of hydrogen-bond donors (Lipinski definition) is 0. The van der Waals surface area contributed by atoms with Crippen LogP contribution in [0, 0.1) is 11.6 Å². The fourth-order valence-electron chi connectivity index (χ4n) is 2.89. The third kappa shape index (κ3) is 4.86. The fraction of sp³-hybridized carbons (Fsp3) is 0.263. The Morgan fingerprint density at radius 2 is 1.63 bits per heavy atom. The van der Waals surface area contributed by atoms with Gasteiger partial charge in [-0.05, 0) is 68.5 Å². The Labute approximate surface area is 163 Å². The number of hydrogen-bond acceptors (Lipinski definition) is 3. The molecule has 0 amide bonds. The summed E-state index contributed by atoms with van der Waals surface area (Å²) in [4.78, 5) is 2.07. The van der Waals surface area contributed by atoms with Crippen molar-refractivity contribution in [1.82, 2.24) is 9.47 Å². The summed E-state index contributed by atoms with van der Waals surface area (Å²) >= 11 is 0. The maximum absolute atomic E-state index is 13.7. The molecule has 1 heterocycles. The lowest BCUT2D eigenvalue weighted by molar-refractivity contribution is 0.414. The summed E-state index contributed by atoms with van der Waals surface area (Å²) in [5, 5.41) is 0.709. The first-order chi connectivity index (χ1) is 12.3.